The lowest BCUT2D eigenvalue weighted by molar-refractivity contribution is -0.162. The van der Waals surface area contributed by atoms with Crippen molar-refractivity contribution in [3.63, 3.8) is 0 Å². The predicted molar refractivity (Wildman–Crippen MR) is 133 cm³/mol. The molecule has 3 N–H and O–H groups in total. The van der Waals surface area contributed by atoms with Crippen molar-refractivity contribution in [3.05, 3.63) is 47.2 Å². The summed E-state index contributed by atoms with van der Waals surface area (Å²) in [6.45, 7) is 7.52. The highest BCUT2D eigenvalue weighted by atomic mass is 16.6. The minimum Gasteiger partial charge on any atom is -0.478 e. The third kappa shape index (κ3) is 4.10. The summed E-state index contributed by atoms with van der Waals surface area (Å²) in [5.74, 6) is -4.11. The van der Waals surface area contributed by atoms with Crippen molar-refractivity contribution in [2.75, 3.05) is 13.6 Å². The summed E-state index contributed by atoms with van der Waals surface area (Å²) in [7, 11) is 1.74. The second-order valence-electron chi connectivity index (χ2n) is 10.4. The van der Waals surface area contributed by atoms with Crippen molar-refractivity contribution in [2.45, 2.75) is 70.2 Å². The quantitative estimate of drug-likeness (QED) is 0.393. The maximum absolute atomic E-state index is 13.1. The second kappa shape index (κ2) is 9.37. The number of nitrogens with zero attached hydrogens (tertiary/aromatic N) is 2. The van der Waals surface area contributed by atoms with Gasteiger partial charge in [-0.1, -0.05) is 12.1 Å². The van der Waals surface area contributed by atoms with Gasteiger partial charge in [0, 0.05) is 41.7 Å². The topological polar surface area (TPSA) is 129 Å². The number of carboxylic acids is 2. The van der Waals surface area contributed by atoms with Crippen molar-refractivity contribution in [3.8, 4) is 0 Å². The Morgan fingerprint density at radius 3 is 2.44 bits per heavy atom. The molecule has 1 aliphatic heterocycles. The van der Waals surface area contributed by atoms with E-state index < -0.39 is 47.5 Å². The van der Waals surface area contributed by atoms with Crippen LogP contribution in [0.15, 0.2) is 36.0 Å². The van der Waals surface area contributed by atoms with Crippen LogP contribution in [0.4, 0.5) is 0 Å². The Bertz CT molecular complexity index is 1240. The Hall–Kier alpha value is -3.17. The molecule has 1 aliphatic carbocycles. The summed E-state index contributed by atoms with van der Waals surface area (Å²) in [4.78, 5) is 39.2. The van der Waals surface area contributed by atoms with Gasteiger partial charge in [-0.15, -0.1) is 0 Å². The molecule has 9 nitrogen and oxygen atoms in total. The van der Waals surface area contributed by atoms with Crippen LogP contribution >= 0.6 is 0 Å². The molecule has 2 aliphatic rings. The average Bonchev–Trinajstić information content (AvgIpc) is 3.17. The molecule has 1 aromatic heterocycles. The van der Waals surface area contributed by atoms with Gasteiger partial charge in [0.2, 0.25) is 0 Å². The fourth-order valence-corrected chi connectivity index (χ4v) is 6.06. The number of hydrogen-bond donors (Lipinski definition) is 3. The van der Waals surface area contributed by atoms with Gasteiger partial charge in [-0.2, -0.15) is 0 Å². The standard InChI is InChI=1S/C27H34N2O7/c1-14(2)29-13-18-11-27(21(25(33)34)10-23(31)32)20(19-7-6-8-22(29)24(18)19)9-17(12-28(27)5)26(35)36-16(4)15(3)30/h6-8,10,13-17,20,30H,9,11-12H2,1-5H3,(H,31,32)(H,33,34)/b21-10-/t15?,16?,17-,20?,27?/m1/s1. The van der Waals surface area contributed by atoms with Gasteiger partial charge in [-0.3, -0.25) is 9.69 Å². The van der Waals surface area contributed by atoms with E-state index in [9.17, 15) is 29.7 Å². The van der Waals surface area contributed by atoms with Crippen LogP contribution < -0.4 is 0 Å². The number of fused-ring (bicyclic) bond motifs is 2. The third-order valence-electron chi connectivity index (χ3n) is 7.91. The fraction of sp³-hybridized carbons (Fsp3) is 0.519. The number of carbonyl (C=O) groups excluding carboxylic acids is 1. The molecule has 2 heterocycles. The van der Waals surface area contributed by atoms with E-state index in [1.54, 1.807) is 20.9 Å². The molecule has 0 radical (unpaired) electrons. The number of carbonyl (C=O) groups is 3. The van der Waals surface area contributed by atoms with E-state index in [4.69, 9.17) is 4.74 Å². The number of likely N-dealkylation sites (N-methyl/N-ethyl adjacent to an activating group) is 1. The molecule has 194 valence electrons. The van der Waals surface area contributed by atoms with E-state index >= 15 is 0 Å². The summed E-state index contributed by atoms with van der Waals surface area (Å²) in [6.07, 6.45) is 1.93. The van der Waals surface area contributed by atoms with E-state index in [2.05, 4.69) is 18.4 Å². The molecule has 4 rings (SSSR count). The lowest BCUT2D eigenvalue weighted by Gasteiger charge is -2.54. The molecule has 9 heteroatoms. The highest BCUT2D eigenvalue weighted by Crippen LogP contribution is 2.54. The number of esters is 1. The molecule has 36 heavy (non-hydrogen) atoms. The smallest absolute Gasteiger partial charge is 0.333 e. The number of piperidine rings is 1. The zero-order valence-electron chi connectivity index (χ0n) is 21.3. The molecule has 2 aromatic rings. The maximum atomic E-state index is 13.1. The zero-order chi connectivity index (χ0) is 26.5. The highest BCUT2D eigenvalue weighted by Gasteiger charge is 2.56. The monoisotopic (exact) mass is 498 g/mol. The van der Waals surface area contributed by atoms with Crippen LogP contribution in [0.5, 0.6) is 0 Å². The van der Waals surface area contributed by atoms with Crippen molar-refractivity contribution in [2.24, 2.45) is 5.92 Å². The SMILES string of the molecule is CC(O)C(C)OC(=O)[C@@H]1CC2c3cccc4c3c(cn4C(C)C)CC2(/C(=C\C(=O)O)C(=O)O)N(C)C1. The normalized spacial score (nSPS) is 25.9. The number of aliphatic hydroxyl groups excluding tert-OH is 1. The number of carboxylic acid groups (broad SMARTS) is 2. The number of aliphatic hydroxyl groups is 1. The Balaban J connectivity index is 1.91. The van der Waals surface area contributed by atoms with Crippen LogP contribution in [0.1, 0.15) is 57.2 Å². The molecule has 1 saturated heterocycles. The van der Waals surface area contributed by atoms with Gasteiger partial charge in [0.1, 0.15) is 6.10 Å². The highest BCUT2D eigenvalue weighted by molar-refractivity contribution is 5.99. The Morgan fingerprint density at radius 1 is 1.17 bits per heavy atom. The van der Waals surface area contributed by atoms with Crippen LogP contribution in [0.3, 0.4) is 0 Å². The molecule has 1 aromatic carbocycles. The number of aliphatic carboxylic acids is 2. The molecule has 0 amide bonds. The molecule has 0 bridgehead atoms. The van der Waals surface area contributed by atoms with E-state index in [1.165, 1.54) is 0 Å². The molecular formula is C27H34N2O7. The lowest BCUT2D eigenvalue weighted by Crippen LogP contribution is -2.62. The van der Waals surface area contributed by atoms with Crippen molar-refractivity contribution in [1.82, 2.24) is 9.47 Å². The molecule has 0 saturated carbocycles. The summed E-state index contributed by atoms with van der Waals surface area (Å²) >= 11 is 0. The van der Waals surface area contributed by atoms with Gasteiger partial charge < -0.3 is 24.6 Å². The maximum Gasteiger partial charge on any atom is 0.333 e. The van der Waals surface area contributed by atoms with Crippen LogP contribution in [-0.4, -0.2) is 74.0 Å². The first kappa shape index (κ1) is 25.9. The summed E-state index contributed by atoms with van der Waals surface area (Å²) in [5.41, 5.74) is 1.52. The fourth-order valence-electron chi connectivity index (χ4n) is 6.06. The zero-order valence-corrected chi connectivity index (χ0v) is 21.3. The summed E-state index contributed by atoms with van der Waals surface area (Å²) in [6, 6.07) is 6.08. The Labute approximate surface area is 210 Å². The molecule has 4 unspecified atom stereocenters. The predicted octanol–water partition coefficient (Wildman–Crippen LogP) is 2.96. The Morgan fingerprint density at radius 2 is 1.86 bits per heavy atom. The van der Waals surface area contributed by atoms with Gasteiger partial charge in [0.25, 0.3) is 0 Å². The number of ether oxygens (including phenoxy) is 1. The number of rotatable bonds is 7. The van der Waals surface area contributed by atoms with Crippen LogP contribution in [-0.2, 0) is 25.5 Å². The number of benzene rings is 1. The van der Waals surface area contributed by atoms with Gasteiger partial charge in [0.05, 0.1) is 23.1 Å². The number of hydrogen-bond acceptors (Lipinski definition) is 6. The summed E-state index contributed by atoms with van der Waals surface area (Å²) < 4.78 is 7.67. The lowest BCUT2D eigenvalue weighted by atomic mass is 9.60. The molecule has 1 fully saturated rings. The Kier molecular flexibility index (Phi) is 6.74. The second-order valence-corrected chi connectivity index (χ2v) is 10.4. The minimum atomic E-state index is -1.33. The first-order valence-corrected chi connectivity index (χ1v) is 12.3. The van der Waals surface area contributed by atoms with Crippen molar-refractivity contribution < 1.29 is 34.4 Å². The van der Waals surface area contributed by atoms with Crippen molar-refractivity contribution >= 4 is 28.8 Å². The van der Waals surface area contributed by atoms with E-state index in [1.807, 2.05) is 29.3 Å². The van der Waals surface area contributed by atoms with Crippen LogP contribution in [0.2, 0.25) is 0 Å². The first-order chi connectivity index (χ1) is 16.9. The van der Waals surface area contributed by atoms with E-state index in [-0.39, 0.29) is 18.2 Å². The van der Waals surface area contributed by atoms with Crippen LogP contribution in [0.25, 0.3) is 10.9 Å². The van der Waals surface area contributed by atoms with Gasteiger partial charge in [-0.25, -0.2) is 9.59 Å². The van der Waals surface area contributed by atoms with E-state index in [0.717, 1.165) is 28.1 Å². The molecular weight excluding hydrogens is 464 g/mol. The molecule has 5 atom stereocenters. The third-order valence-corrected chi connectivity index (χ3v) is 7.91. The molecule has 0 spiro atoms. The van der Waals surface area contributed by atoms with Crippen molar-refractivity contribution in [1.29, 1.82) is 0 Å². The summed E-state index contributed by atoms with van der Waals surface area (Å²) in [5, 5.41) is 30.7. The number of likely N-dealkylation sites (tertiary alicyclic amines) is 1. The van der Waals surface area contributed by atoms with Gasteiger partial charge in [0.15, 0.2) is 0 Å². The van der Waals surface area contributed by atoms with Crippen LogP contribution in [0, 0.1) is 5.92 Å². The first-order valence-electron chi connectivity index (χ1n) is 12.3. The van der Waals surface area contributed by atoms with Gasteiger partial charge >= 0.3 is 17.9 Å². The largest absolute Gasteiger partial charge is 0.478 e. The van der Waals surface area contributed by atoms with E-state index in [0.29, 0.717) is 12.8 Å². The van der Waals surface area contributed by atoms with Gasteiger partial charge in [-0.05, 0) is 64.8 Å². The average molecular weight is 499 g/mol. The number of aromatic nitrogens is 1. The minimum absolute atomic E-state index is 0.170.